The van der Waals surface area contributed by atoms with Gasteiger partial charge in [0, 0.05) is 21.7 Å². The molecular weight excluding hydrogens is 370 g/mol. The van der Waals surface area contributed by atoms with Gasteiger partial charge in [-0.1, -0.05) is 11.6 Å². The molecule has 0 fully saturated rings. The van der Waals surface area contributed by atoms with Crippen molar-refractivity contribution in [2.75, 3.05) is 12.8 Å². The van der Waals surface area contributed by atoms with Crippen molar-refractivity contribution in [1.29, 1.82) is 0 Å². The molecule has 21 heavy (non-hydrogen) atoms. The van der Waals surface area contributed by atoms with E-state index in [0.29, 0.717) is 6.04 Å². The highest BCUT2D eigenvalue weighted by atomic mass is 79.9. The smallest absolute Gasteiger partial charge is 0.0707 e. The van der Waals surface area contributed by atoms with E-state index < -0.39 is 0 Å². The van der Waals surface area contributed by atoms with E-state index in [1.54, 1.807) is 11.8 Å². The molecule has 6 heteroatoms. The first-order valence-corrected chi connectivity index (χ1v) is 8.97. The van der Waals surface area contributed by atoms with E-state index in [0.717, 1.165) is 15.2 Å². The third-order valence-electron chi connectivity index (χ3n) is 3.18. The number of halogens is 2. The molecule has 0 amide bonds. The summed E-state index contributed by atoms with van der Waals surface area (Å²) in [7, 11) is 1.98. The Hall–Kier alpha value is -0.490. The van der Waals surface area contributed by atoms with Crippen LogP contribution in [0.3, 0.4) is 0 Å². The standard InChI is InChI=1S/C15H19BrClN3S/c1-10(2)20-15(13(16)8-19-20)14(18-3)9-21-12-6-4-11(17)5-7-12/h4-8,10,14,18H,9H2,1-3H3. The van der Waals surface area contributed by atoms with Gasteiger partial charge in [-0.3, -0.25) is 4.68 Å². The summed E-state index contributed by atoms with van der Waals surface area (Å²) in [6.07, 6.45) is 1.87. The van der Waals surface area contributed by atoms with Gasteiger partial charge in [0.1, 0.15) is 0 Å². The Morgan fingerprint density at radius 1 is 1.33 bits per heavy atom. The average molecular weight is 389 g/mol. The molecule has 0 aliphatic rings. The van der Waals surface area contributed by atoms with E-state index in [9.17, 15) is 0 Å². The van der Waals surface area contributed by atoms with E-state index in [4.69, 9.17) is 11.6 Å². The summed E-state index contributed by atoms with van der Waals surface area (Å²) in [6, 6.07) is 8.51. The lowest BCUT2D eigenvalue weighted by molar-refractivity contribution is 0.476. The van der Waals surface area contributed by atoms with Gasteiger partial charge in [-0.25, -0.2) is 0 Å². The van der Waals surface area contributed by atoms with Crippen LogP contribution in [-0.4, -0.2) is 22.6 Å². The largest absolute Gasteiger partial charge is 0.311 e. The van der Waals surface area contributed by atoms with Crippen molar-refractivity contribution in [1.82, 2.24) is 15.1 Å². The van der Waals surface area contributed by atoms with Crippen LogP contribution in [-0.2, 0) is 0 Å². The van der Waals surface area contributed by atoms with Crippen molar-refractivity contribution < 1.29 is 0 Å². The summed E-state index contributed by atoms with van der Waals surface area (Å²) in [5, 5.41) is 8.61. The zero-order valence-corrected chi connectivity index (χ0v) is 15.5. The van der Waals surface area contributed by atoms with Gasteiger partial charge in [-0.05, 0) is 61.1 Å². The molecule has 0 radical (unpaired) electrons. The van der Waals surface area contributed by atoms with E-state index in [-0.39, 0.29) is 6.04 Å². The molecule has 0 saturated heterocycles. The molecule has 114 valence electrons. The molecule has 1 aromatic heterocycles. The number of hydrogen-bond acceptors (Lipinski definition) is 3. The predicted octanol–water partition coefficient (Wildman–Crippen LogP) is 4.93. The maximum absolute atomic E-state index is 5.92. The molecule has 0 aliphatic carbocycles. The summed E-state index contributed by atoms with van der Waals surface area (Å²) in [4.78, 5) is 1.21. The first-order valence-electron chi connectivity index (χ1n) is 6.81. The Labute approximate surface area is 143 Å². The minimum atomic E-state index is 0.227. The fourth-order valence-electron chi connectivity index (χ4n) is 2.10. The van der Waals surface area contributed by atoms with Crippen LogP contribution in [0, 0.1) is 0 Å². The zero-order valence-electron chi connectivity index (χ0n) is 12.3. The third-order valence-corrected chi connectivity index (χ3v) is 5.15. The molecule has 1 N–H and O–H groups in total. The zero-order chi connectivity index (χ0) is 15.4. The van der Waals surface area contributed by atoms with Crippen LogP contribution in [0.2, 0.25) is 5.02 Å². The van der Waals surface area contributed by atoms with E-state index in [2.05, 4.69) is 57.0 Å². The molecule has 1 unspecified atom stereocenters. The maximum Gasteiger partial charge on any atom is 0.0707 e. The number of nitrogens with one attached hydrogen (secondary N) is 1. The van der Waals surface area contributed by atoms with Crippen molar-refractivity contribution in [3.63, 3.8) is 0 Å². The Balaban J connectivity index is 2.13. The first kappa shape index (κ1) is 16.9. The second-order valence-corrected chi connectivity index (χ2v) is 7.41. The highest BCUT2D eigenvalue weighted by molar-refractivity contribution is 9.10. The summed E-state index contributed by atoms with van der Waals surface area (Å²) in [6.45, 7) is 4.28. The minimum Gasteiger partial charge on any atom is -0.311 e. The summed E-state index contributed by atoms with van der Waals surface area (Å²) < 4.78 is 3.11. The lowest BCUT2D eigenvalue weighted by atomic mass is 10.2. The number of rotatable bonds is 6. The molecule has 0 bridgehead atoms. The Morgan fingerprint density at radius 3 is 2.57 bits per heavy atom. The molecule has 0 saturated carbocycles. The van der Waals surface area contributed by atoms with Crippen molar-refractivity contribution in [2.24, 2.45) is 0 Å². The lowest BCUT2D eigenvalue weighted by Gasteiger charge is -2.20. The SMILES string of the molecule is CNC(CSc1ccc(Cl)cc1)c1c(Br)cnn1C(C)C. The third kappa shape index (κ3) is 4.25. The van der Waals surface area contributed by atoms with Gasteiger partial charge in [-0.2, -0.15) is 5.10 Å². The Morgan fingerprint density at radius 2 is 2.00 bits per heavy atom. The fourth-order valence-corrected chi connectivity index (χ4v) is 3.79. The van der Waals surface area contributed by atoms with E-state index in [1.165, 1.54) is 10.6 Å². The highest BCUT2D eigenvalue weighted by Gasteiger charge is 2.20. The number of benzene rings is 1. The first-order chi connectivity index (χ1) is 10.0. The highest BCUT2D eigenvalue weighted by Crippen LogP contribution is 2.30. The van der Waals surface area contributed by atoms with Crippen molar-refractivity contribution >= 4 is 39.3 Å². The maximum atomic E-state index is 5.92. The molecule has 1 atom stereocenters. The van der Waals surface area contributed by atoms with Gasteiger partial charge >= 0.3 is 0 Å². The van der Waals surface area contributed by atoms with Crippen LogP contribution in [0.5, 0.6) is 0 Å². The lowest BCUT2D eigenvalue weighted by Crippen LogP contribution is -2.23. The fraction of sp³-hybridized carbons (Fsp3) is 0.400. The van der Waals surface area contributed by atoms with Crippen LogP contribution >= 0.6 is 39.3 Å². The minimum absolute atomic E-state index is 0.227. The summed E-state index contributed by atoms with van der Waals surface area (Å²) in [5.74, 6) is 0.926. The Bertz CT molecular complexity index is 583. The van der Waals surface area contributed by atoms with Gasteiger partial charge in [0.05, 0.1) is 22.4 Å². The number of thioether (sulfide) groups is 1. The molecule has 1 heterocycles. The Kier molecular flexibility index (Phi) is 6.17. The topological polar surface area (TPSA) is 29.9 Å². The van der Waals surface area contributed by atoms with E-state index in [1.807, 2.05) is 25.4 Å². The summed E-state index contributed by atoms with van der Waals surface area (Å²) in [5.41, 5.74) is 1.19. The van der Waals surface area contributed by atoms with Crippen LogP contribution in [0.15, 0.2) is 39.8 Å². The van der Waals surface area contributed by atoms with Crippen LogP contribution < -0.4 is 5.32 Å². The van der Waals surface area contributed by atoms with Crippen molar-refractivity contribution in [3.8, 4) is 0 Å². The molecular formula is C15H19BrClN3S. The quantitative estimate of drug-likeness (QED) is 0.711. The number of hydrogen-bond donors (Lipinski definition) is 1. The molecule has 0 aliphatic heterocycles. The van der Waals surface area contributed by atoms with Gasteiger partial charge < -0.3 is 5.32 Å². The van der Waals surface area contributed by atoms with Crippen molar-refractivity contribution in [2.45, 2.75) is 30.8 Å². The second kappa shape index (κ2) is 7.68. The summed E-state index contributed by atoms with van der Waals surface area (Å²) >= 11 is 11.3. The average Bonchev–Trinajstić information content (AvgIpc) is 2.84. The van der Waals surface area contributed by atoms with Crippen LogP contribution in [0.1, 0.15) is 31.6 Å². The molecule has 3 nitrogen and oxygen atoms in total. The van der Waals surface area contributed by atoms with Gasteiger partial charge in [-0.15, -0.1) is 11.8 Å². The monoisotopic (exact) mass is 387 g/mol. The normalized spacial score (nSPS) is 12.9. The molecule has 2 aromatic rings. The number of aromatic nitrogens is 2. The second-order valence-electron chi connectivity index (χ2n) is 5.02. The molecule has 0 spiro atoms. The molecule has 1 aromatic carbocycles. The van der Waals surface area contributed by atoms with Gasteiger partial charge in [0.2, 0.25) is 0 Å². The van der Waals surface area contributed by atoms with E-state index >= 15 is 0 Å². The molecule has 2 rings (SSSR count). The van der Waals surface area contributed by atoms with Crippen LogP contribution in [0.4, 0.5) is 0 Å². The predicted molar refractivity (Wildman–Crippen MR) is 94.3 cm³/mol. The van der Waals surface area contributed by atoms with Gasteiger partial charge in [0.15, 0.2) is 0 Å². The number of nitrogens with zero attached hydrogens (tertiary/aromatic N) is 2. The van der Waals surface area contributed by atoms with Crippen LogP contribution in [0.25, 0.3) is 0 Å². The van der Waals surface area contributed by atoms with Crippen molar-refractivity contribution in [3.05, 3.63) is 45.7 Å². The van der Waals surface area contributed by atoms with Gasteiger partial charge in [0.25, 0.3) is 0 Å².